The summed E-state index contributed by atoms with van der Waals surface area (Å²) in [5.74, 6) is -0.000943. The number of nitrogens with zero attached hydrogens (tertiary/aromatic N) is 1. The number of Topliss-reactive ketones (excluding diaryl/α,β-unsaturated/α-hetero) is 1. The number of ketones is 1. The lowest BCUT2D eigenvalue weighted by Crippen LogP contribution is -2.41. The average Bonchev–Trinajstić information content (AvgIpc) is 3.16. The molecule has 1 atom stereocenters. The van der Waals surface area contributed by atoms with E-state index < -0.39 is 4.87 Å². The Balaban J connectivity index is 1.76. The molecule has 0 saturated carbocycles. The van der Waals surface area contributed by atoms with Crippen LogP contribution in [-0.4, -0.2) is 10.8 Å². The highest BCUT2D eigenvalue weighted by molar-refractivity contribution is 8.16. The lowest BCUT2D eigenvalue weighted by Gasteiger charge is -2.27. The molecule has 0 amide bonds. The molecule has 4 rings (SSSR count). The van der Waals surface area contributed by atoms with E-state index >= 15 is 0 Å². The van der Waals surface area contributed by atoms with Gasteiger partial charge in [-0.3, -0.25) is 10.2 Å². The predicted molar refractivity (Wildman–Crippen MR) is 103 cm³/mol. The van der Waals surface area contributed by atoms with Gasteiger partial charge in [-0.05, 0) is 5.56 Å². The SMILES string of the molecule is O=C(c1ccccc1)[C@]1(c2ccccc2)NN=C(c2ccccc2)S1. The molecule has 0 bridgehead atoms. The average molecular weight is 344 g/mol. The second-order valence-corrected chi connectivity index (χ2v) is 6.94. The smallest absolute Gasteiger partial charge is 0.205 e. The van der Waals surface area contributed by atoms with Gasteiger partial charge in [0.05, 0.1) is 0 Å². The van der Waals surface area contributed by atoms with Crippen molar-refractivity contribution >= 4 is 22.6 Å². The standard InChI is InChI=1S/C21H16N2OS/c24-19(16-10-4-1-5-11-16)21(18-14-8-3-9-15-18)23-22-20(25-21)17-12-6-2-7-13-17/h1-15,23H/t21-/m1/s1. The van der Waals surface area contributed by atoms with Crippen molar-refractivity contribution in [3.63, 3.8) is 0 Å². The number of nitrogens with one attached hydrogen (secondary N) is 1. The van der Waals surface area contributed by atoms with Crippen LogP contribution in [0.15, 0.2) is 96.1 Å². The van der Waals surface area contributed by atoms with E-state index in [1.54, 1.807) is 0 Å². The van der Waals surface area contributed by atoms with Gasteiger partial charge in [0.2, 0.25) is 5.78 Å². The summed E-state index contributed by atoms with van der Waals surface area (Å²) in [5, 5.41) is 5.30. The zero-order valence-electron chi connectivity index (χ0n) is 13.4. The van der Waals surface area contributed by atoms with E-state index in [2.05, 4.69) is 10.5 Å². The first-order chi connectivity index (χ1) is 12.3. The van der Waals surface area contributed by atoms with Gasteiger partial charge in [-0.25, -0.2) is 0 Å². The normalized spacial score (nSPS) is 19.1. The molecule has 0 radical (unpaired) electrons. The molecule has 0 aliphatic carbocycles. The van der Waals surface area contributed by atoms with Gasteiger partial charge in [0.15, 0.2) is 4.87 Å². The Labute approximate surface area is 150 Å². The fraction of sp³-hybridized carbons (Fsp3) is 0.0476. The zero-order valence-corrected chi connectivity index (χ0v) is 14.2. The van der Waals surface area contributed by atoms with Gasteiger partial charge in [-0.1, -0.05) is 103 Å². The summed E-state index contributed by atoms with van der Waals surface area (Å²) in [7, 11) is 0. The van der Waals surface area contributed by atoms with E-state index in [0.29, 0.717) is 5.56 Å². The largest absolute Gasteiger partial charge is 0.290 e. The molecule has 4 heteroatoms. The van der Waals surface area contributed by atoms with Crippen LogP contribution in [0.1, 0.15) is 21.5 Å². The summed E-state index contributed by atoms with van der Waals surface area (Å²) in [6.07, 6.45) is 0. The minimum atomic E-state index is -0.951. The van der Waals surface area contributed by atoms with Crippen molar-refractivity contribution in [3.05, 3.63) is 108 Å². The first kappa shape index (κ1) is 15.7. The maximum atomic E-state index is 13.4. The van der Waals surface area contributed by atoms with Crippen LogP contribution < -0.4 is 5.43 Å². The number of rotatable bonds is 4. The van der Waals surface area contributed by atoms with Gasteiger partial charge in [-0.15, -0.1) is 0 Å². The molecule has 122 valence electrons. The summed E-state index contributed by atoms with van der Waals surface area (Å²) in [4.78, 5) is 12.4. The summed E-state index contributed by atoms with van der Waals surface area (Å²) in [6, 6.07) is 29.0. The molecule has 1 aliphatic rings. The molecule has 3 aromatic carbocycles. The van der Waals surface area contributed by atoms with Crippen LogP contribution in [0.2, 0.25) is 0 Å². The highest BCUT2D eigenvalue weighted by Crippen LogP contribution is 2.42. The molecular formula is C21H16N2OS. The second-order valence-electron chi connectivity index (χ2n) is 5.74. The first-order valence-corrected chi connectivity index (χ1v) is 8.86. The van der Waals surface area contributed by atoms with Crippen molar-refractivity contribution in [2.45, 2.75) is 4.87 Å². The molecule has 0 spiro atoms. The van der Waals surface area contributed by atoms with E-state index in [9.17, 15) is 4.79 Å². The minimum Gasteiger partial charge on any atom is -0.290 e. The van der Waals surface area contributed by atoms with Crippen molar-refractivity contribution < 1.29 is 4.79 Å². The molecule has 0 aromatic heterocycles. The molecule has 0 unspecified atom stereocenters. The third-order valence-corrected chi connectivity index (χ3v) is 5.46. The van der Waals surface area contributed by atoms with E-state index in [-0.39, 0.29) is 5.78 Å². The molecule has 0 saturated heterocycles. The van der Waals surface area contributed by atoms with Gasteiger partial charge >= 0.3 is 0 Å². The monoisotopic (exact) mass is 344 g/mol. The number of hydrazone groups is 1. The number of hydrogen-bond donors (Lipinski definition) is 1. The second kappa shape index (κ2) is 6.57. The van der Waals surface area contributed by atoms with Crippen LogP contribution in [0.3, 0.4) is 0 Å². The molecule has 1 N–H and O–H groups in total. The highest BCUT2D eigenvalue weighted by Gasteiger charge is 2.46. The highest BCUT2D eigenvalue weighted by atomic mass is 32.2. The van der Waals surface area contributed by atoms with Gasteiger partial charge in [0, 0.05) is 11.1 Å². The quantitative estimate of drug-likeness (QED) is 0.712. The van der Waals surface area contributed by atoms with E-state index in [0.717, 1.165) is 16.2 Å². The Morgan fingerprint density at radius 2 is 1.36 bits per heavy atom. The summed E-state index contributed by atoms with van der Waals surface area (Å²) in [6.45, 7) is 0. The van der Waals surface area contributed by atoms with Crippen molar-refractivity contribution in [3.8, 4) is 0 Å². The topological polar surface area (TPSA) is 41.5 Å². The number of carbonyl (C=O) groups is 1. The third-order valence-electron chi connectivity index (χ3n) is 4.12. The van der Waals surface area contributed by atoms with E-state index in [4.69, 9.17) is 0 Å². The zero-order chi connectivity index (χ0) is 17.1. The Bertz CT molecular complexity index is 910. The van der Waals surface area contributed by atoms with Crippen LogP contribution in [0, 0.1) is 0 Å². The summed E-state index contributed by atoms with van der Waals surface area (Å²) in [5.41, 5.74) is 5.69. The Morgan fingerprint density at radius 1 is 0.800 bits per heavy atom. The third kappa shape index (κ3) is 2.85. The molecule has 3 nitrogen and oxygen atoms in total. The maximum absolute atomic E-state index is 13.4. The fourth-order valence-corrected chi connectivity index (χ4v) is 4.03. The van der Waals surface area contributed by atoms with Gasteiger partial charge in [0.25, 0.3) is 0 Å². The van der Waals surface area contributed by atoms with Crippen molar-refractivity contribution in [1.82, 2.24) is 5.43 Å². The van der Waals surface area contributed by atoms with Gasteiger partial charge in [0.1, 0.15) is 5.04 Å². The van der Waals surface area contributed by atoms with Crippen LogP contribution in [-0.2, 0) is 4.87 Å². The molecule has 0 fully saturated rings. The molecule has 1 heterocycles. The lowest BCUT2D eigenvalue weighted by atomic mass is 9.97. The minimum absolute atomic E-state index is 0.000943. The fourth-order valence-electron chi connectivity index (χ4n) is 2.84. The molecule has 3 aromatic rings. The summed E-state index contributed by atoms with van der Waals surface area (Å²) < 4.78 is 0. The lowest BCUT2D eigenvalue weighted by molar-refractivity contribution is 0.0925. The van der Waals surface area contributed by atoms with E-state index in [1.807, 2.05) is 91.0 Å². The van der Waals surface area contributed by atoms with Crippen LogP contribution in [0.5, 0.6) is 0 Å². The molecular weight excluding hydrogens is 328 g/mol. The first-order valence-electron chi connectivity index (χ1n) is 8.04. The number of benzene rings is 3. The maximum Gasteiger partial charge on any atom is 0.205 e. The van der Waals surface area contributed by atoms with Crippen molar-refractivity contribution in [1.29, 1.82) is 0 Å². The van der Waals surface area contributed by atoms with Gasteiger partial charge in [-0.2, -0.15) is 5.10 Å². The molecule has 25 heavy (non-hydrogen) atoms. The Morgan fingerprint density at radius 3 is 2.00 bits per heavy atom. The predicted octanol–water partition coefficient (Wildman–Crippen LogP) is 4.42. The molecule has 1 aliphatic heterocycles. The summed E-state index contributed by atoms with van der Waals surface area (Å²) >= 11 is 1.46. The Hall–Kier alpha value is -2.85. The van der Waals surface area contributed by atoms with Crippen LogP contribution in [0.4, 0.5) is 0 Å². The number of thioether (sulfide) groups is 1. The number of carbonyl (C=O) groups excluding carboxylic acids is 1. The van der Waals surface area contributed by atoms with Crippen molar-refractivity contribution in [2.24, 2.45) is 5.10 Å². The van der Waals surface area contributed by atoms with E-state index in [1.165, 1.54) is 11.8 Å². The van der Waals surface area contributed by atoms with Crippen molar-refractivity contribution in [2.75, 3.05) is 0 Å². The Kier molecular flexibility index (Phi) is 4.12. The van der Waals surface area contributed by atoms with Gasteiger partial charge < -0.3 is 0 Å². The van der Waals surface area contributed by atoms with Crippen LogP contribution in [0.25, 0.3) is 0 Å². The number of hydrogen-bond acceptors (Lipinski definition) is 4. The van der Waals surface area contributed by atoms with Crippen LogP contribution >= 0.6 is 11.8 Å².